The number of hydrogen-bond donors (Lipinski definition) is 2. The summed E-state index contributed by atoms with van der Waals surface area (Å²) in [6.07, 6.45) is 0.00631. The monoisotopic (exact) mass is 345 g/mol. The van der Waals surface area contributed by atoms with Crippen LogP contribution in [0, 0.1) is 11.8 Å². The average Bonchev–Trinajstić information content (AvgIpc) is 3.02. The molecule has 25 heavy (non-hydrogen) atoms. The number of hydrogen-bond acceptors (Lipinski definition) is 5. The van der Waals surface area contributed by atoms with Crippen LogP contribution in [0.2, 0.25) is 0 Å². The number of aliphatic carboxylic acids is 1. The van der Waals surface area contributed by atoms with Crippen LogP contribution in [0.3, 0.4) is 0 Å². The number of nitrogens with zero attached hydrogens (tertiary/aromatic N) is 4. The van der Waals surface area contributed by atoms with Crippen LogP contribution in [0.25, 0.3) is 11.4 Å². The molecule has 8 nitrogen and oxygen atoms in total. The van der Waals surface area contributed by atoms with Crippen molar-refractivity contribution in [1.82, 2.24) is 25.5 Å². The topological polar surface area (TPSA) is 110 Å². The highest BCUT2D eigenvalue weighted by Crippen LogP contribution is 2.18. The second kappa shape index (κ2) is 8.36. The minimum Gasteiger partial charge on any atom is -0.481 e. The van der Waals surface area contributed by atoms with Crippen molar-refractivity contribution in [1.29, 1.82) is 0 Å². The lowest BCUT2D eigenvalue weighted by molar-refractivity contribution is -0.138. The van der Waals surface area contributed by atoms with E-state index in [0.717, 1.165) is 5.56 Å². The molecule has 0 saturated carbocycles. The minimum atomic E-state index is -0.882. The zero-order valence-corrected chi connectivity index (χ0v) is 14.6. The van der Waals surface area contributed by atoms with Crippen LogP contribution in [0.5, 0.6) is 0 Å². The van der Waals surface area contributed by atoms with E-state index >= 15 is 0 Å². The van der Waals surface area contributed by atoms with Crippen molar-refractivity contribution in [3.8, 4) is 11.4 Å². The maximum absolute atomic E-state index is 12.5. The molecule has 8 heteroatoms. The summed E-state index contributed by atoms with van der Waals surface area (Å²) < 4.78 is 0. The summed E-state index contributed by atoms with van der Waals surface area (Å²) in [7, 11) is 0. The van der Waals surface area contributed by atoms with E-state index in [1.165, 1.54) is 4.80 Å². The Balaban J connectivity index is 2.09. The van der Waals surface area contributed by atoms with Gasteiger partial charge in [0.25, 0.3) is 0 Å². The predicted molar refractivity (Wildman–Crippen MR) is 91.6 cm³/mol. The van der Waals surface area contributed by atoms with E-state index in [1.807, 2.05) is 44.2 Å². The fraction of sp³-hybridized carbons (Fsp3) is 0.471. The van der Waals surface area contributed by atoms with E-state index in [9.17, 15) is 9.59 Å². The molecule has 1 amide bonds. The van der Waals surface area contributed by atoms with Gasteiger partial charge in [0.1, 0.15) is 0 Å². The van der Waals surface area contributed by atoms with Crippen molar-refractivity contribution < 1.29 is 14.7 Å². The van der Waals surface area contributed by atoms with Gasteiger partial charge in [0.2, 0.25) is 11.7 Å². The van der Waals surface area contributed by atoms with Crippen molar-refractivity contribution in [3.05, 3.63) is 30.3 Å². The van der Waals surface area contributed by atoms with E-state index in [0.29, 0.717) is 5.82 Å². The lowest BCUT2D eigenvalue weighted by atomic mass is 10.0. The first-order chi connectivity index (χ1) is 11.9. The number of carboxylic acids is 1. The lowest BCUT2D eigenvalue weighted by Crippen LogP contribution is -2.38. The van der Waals surface area contributed by atoms with Crippen molar-refractivity contribution in [3.63, 3.8) is 0 Å². The number of carboxylic acid groups (broad SMARTS) is 1. The van der Waals surface area contributed by atoms with E-state index in [2.05, 4.69) is 20.7 Å². The molecule has 134 valence electrons. The molecule has 1 heterocycles. The van der Waals surface area contributed by atoms with Crippen LogP contribution in [0.4, 0.5) is 0 Å². The van der Waals surface area contributed by atoms with Gasteiger partial charge in [-0.1, -0.05) is 51.1 Å². The molecule has 0 spiro atoms. The Labute approximate surface area is 146 Å². The van der Waals surface area contributed by atoms with Crippen LogP contribution < -0.4 is 5.32 Å². The summed E-state index contributed by atoms with van der Waals surface area (Å²) >= 11 is 0. The number of rotatable bonds is 8. The minimum absolute atomic E-state index is 0.00631. The second-order valence-corrected chi connectivity index (χ2v) is 6.44. The molecular weight excluding hydrogens is 322 g/mol. The van der Waals surface area contributed by atoms with Crippen LogP contribution in [0.1, 0.15) is 33.2 Å². The Kier molecular flexibility index (Phi) is 6.21. The first kappa shape index (κ1) is 18.6. The largest absolute Gasteiger partial charge is 0.481 e. The molecule has 0 saturated heterocycles. The SMILES string of the molecule is CC(CNC(=O)C(C(C)C)n1nnc(-c2ccccc2)n1)CC(=O)O. The molecule has 2 atom stereocenters. The molecule has 0 aliphatic carbocycles. The van der Waals surface area contributed by atoms with Gasteiger partial charge in [-0.05, 0) is 17.0 Å². The molecule has 2 aromatic rings. The number of carbonyl (C=O) groups is 2. The number of amides is 1. The third kappa shape index (κ3) is 5.10. The fourth-order valence-corrected chi connectivity index (χ4v) is 2.47. The van der Waals surface area contributed by atoms with Gasteiger partial charge < -0.3 is 10.4 Å². The molecule has 1 aromatic heterocycles. The van der Waals surface area contributed by atoms with Gasteiger partial charge in [-0.3, -0.25) is 9.59 Å². The predicted octanol–water partition coefficient (Wildman–Crippen LogP) is 1.76. The zero-order chi connectivity index (χ0) is 18.4. The molecule has 1 aromatic carbocycles. The summed E-state index contributed by atoms with van der Waals surface area (Å²) in [5.41, 5.74) is 0.826. The quantitative estimate of drug-likeness (QED) is 0.754. The van der Waals surface area contributed by atoms with Crippen LogP contribution >= 0.6 is 0 Å². The smallest absolute Gasteiger partial charge is 0.303 e. The zero-order valence-electron chi connectivity index (χ0n) is 14.6. The molecule has 0 aliphatic rings. The highest BCUT2D eigenvalue weighted by molar-refractivity contribution is 5.80. The van der Waals surface area contributed by atoms with Gasteiger partial charge in [-0.2, -0.15) is 4.80 Å². The van der Waals surface area contributed by atoms with Crippen molar-refractivity contribution in [2.75, 3.05) is 6.54 Å². The summed E-state index contributed by atoms with van der Waals surface area (Å²) in [4.78, 5) is 24.6. The standard InChI is InChI=1S/C17H23N5O3/c1-11(2)15(17(25)18-10-12(3)9-14(23)24)22-20-16(19-21-22)13-7-5-4-6-8-13/h4-8,11-12,15H,9-10H2,1-3H3,(H,18,25)(H,23,24). The molecule has 2 rings (SSSR count). The molecule has 0 radical (unpaired) electrons. The third-order valence-corrected chi connectivity index (χ3v) is 3.76. The summed E-state index contributed by atoms with van der Waals surface area (Å²) in [6.45, 7) is 5.86. The molecular formula is C17H23N5O3. The normalized spacial score (nSPS) is 13.4. The van der Waals surface area contributed by atoms with Crippen LogP contribution in [0.15, 0.2) is 30.3 Å². The lowest BCUT2D eigenvalue weighted by Gasteiger charge is -2.20. The average molecular weight is 345 g/mol. The second-order valence-electron chi connectivity index (χ2n) is 6.44. The van der Waals surface area contributed by atoms with E-state index in [1.54, 1.807) is 6.92 Å². The maximum atomic E-state index is 12.5. The number of benzene rings is 1. The molecule has 2 unspecified atom stereocenters. The third-order valence-electron chi connectivity index (χ3n) is 3.76. The summed E-state index contributed by atoms with van der Waals surface area (Å²) in [5, 5.41) is 24.0. The summed E-state index contributed by atoms with van der Waals surface area (Å²) in [5.74, 6) is -0.874. The fourth-order valence-electron chi connectivity index (χ4n) is 2.47. The van der Waals surface area contributed by atoms with Crippen molar-refractivity contribution in [2.45, 2.75) is 33.2 Å². The van der Waals surface area contributed by atoms with Gasteiger partial charge in [0.05, 0.1) is 0 Å². The van der Waals surface area contributed by atoms with Gasteiger partial charge in [-0.25, -0.2) is 0 Å². The summed E-state index contributed by atoms with van der Waals surface area (Å²) in [6, 6.07) is 8.80. The Morgan fingerprint density at radius 3 is 2.48 bits per heavy atom. The van der Waals surface area contributed by atoms with Crippen LogP contribution in [-0.2, 0) is 9.59 Å². The number of nitrogens with one attached hydrogen (secondary N) is 1. The molecule has 0 fully saturated rings. The Morgan fingerprint density at radius 1 is 1.20 bits per heavy atom. The first-order valence-corrected chi connectivity index (χ1v) is 8.23. The number of tetrazole rings is 1. The highest BCUT2D eigenvalue weighted by atomic mass is 16.4. The van der Waals surface area contributed by atoms with Crippen molar-refractivity contribution >= 4 is 11.9 Å². The molecule has 2 N–H and O–H groups in total. The molecule has 0 aliphatic heterocycles. The molecule has 0 bridgehead atoms. The number of carbonyl (C=O) groups excluding carboxylic acids is 1. The van der Waals surface area contributed by atoms with Crippen LogP contribution in [-0.4, -0.2) is 43.7 Å². The number of aromatic nitrogens is 4. The van der Waals surface area contributed by atoms with Gasteiger partial charge in [0, 0.05) is 18.5 Å². The van der Waals surface area contributed by atoms with Gasteiger partial charge >= 0.3 is 5.97 Å². The van der Waals surface area contributed by atoms with E-state index < -0.39 is 12.0 Å². The Hall–Kier alpha value is -2.77. The Bertz CT molecular complexity index is 714. The highest BCUT2D eigenvalue weighted by Gasteiger charge is 2.27. The van der Waals surface area contributed by atoms with Gasteiger partial charge in [0.15, 0.2) is 6.04 Å². The Morgan fingerprint density at radius 2 is 1.88 bits per heavy atom. The first-order valence-electron chi connectivity index (χ1n) is 8.23. The van der Waals surface area contributed by atoms with E-state index in [4.69, 9.17) is 5.11 Å². The van der Waals surface area contributed by atoms with Gasteiger partial charge in [-0.15, -0.1) is 10.2 Å². The van der Waals surface area contributed by atoms with E-state index in [-0.39, 0.29) is 30.7 Å². The maximum Gasteiger partial charge on any atom is 0.303 e. The van der Waals surface area contributed by atoms with Crippen molar-refractivity contribution in [2.24, 2.45) is 11.8 Å².